The van der Waals surface area contributed by atoms with Crippen molar-refractivity contribution in [3.63, 3.8) is 0 Å². The number of hydrogen-bond acceptors (Lipinski definition) is 0. The average Bonchev–Trinajstić information content (AvgIpc) is 3.60. The first kappa shape index (κ1) is 24.8. The zero-order chi connectivity index (χ0) is 28.8. The summed E-state index contributed by atoms with van der Waals surface area (Å²) < 4.78 is 7.35. The van der Waals surface area contributed by atoms with Crippen molar-refractivity contribution in [2.75, 3.05) is 0 Å². The van der Waals surface area contributed by atoms with Gasteiger partial charge in [0.25, 0.3) is 0 Å². The maximum Gasteiger partial charge on any atom is 0.0638 e. The predicted molar refractivity (Wildman–Crippen MR) is 183 cm³/mol. The number of rotatable bonds is 4. The Balaban J connectivity index is 1.35. The summed E-state index contributed by atoms with van der Waals surface area (Å²) in [6.45, 7) is 4.69. The summed E-state index contributed by atoms with van der Waals surface area (Å²) in [4.78, 5) is 0. The molecular weight excluding hydrogens is 522 g/mol. The van der Waals surface area contributed by atoms with E-state index in [1.165, 1.54) is 77.7 Å². The van der Waals surface area contributed by atoms with Crippen LogP contribution < -0.4 is 0 Å². The number of fused-ring (bicyclic) bond motifs is 7. The average molecular weight is 558 g/mol. The zero-order valence-corrected chi connectivity index (χ0v) is 25.0. The van der Waals surface area contributed by atoms with Gasteiger partial charge in [-0.3, -0.25) is 0 Å². The number of benzene rings is 3. The monoisotopic (exact) mass is 557 g/mol. The van der Waals surface area contributed by atoms with Crippen molar-refractivity contribution in [3.8, 4) is 16.9 Å². The van der Waals surface area contributed by atoms with Gasteiger partial charge in [0.1, 0.15) is 0 Å². The lowest BCUT2D eigenvalue weighted by Gasteiger charge is -2.22. The highest BCUT2D eigenvalue weighted by molar-refractivity contribution is 6.22. The minimum Gasteiger partial charge on any atom is -0.350 e. The second-order valence-electron chi connectivity index (χ2n) is 12.8. The Labute approximate surface area is 252 Å². The van der Waals surface area contributed by atoms with E-state index < -0.39 is 0 Å². The van der Waals surface area contributed by atoms with Crippen LogP contribution in [0.5, 0.6) is 0 Å². The molecule has 0 fully saturated rings. The van der Waals surface area contributed by atoms with Crippen LogP contribution in [-0.4, -0.2) is 13.7 Å². The van der Waals surface area contributed by atoms with Gasteiger partial charge in [-0.2, -0.15) is 0 Å². The Kier molecular flexibility index (Phi) is 5.26. The van der Waals surface area contributed by atoms with Crippen molar-refractivity contribution in [2.24, 2.45) is 13.0 Å². The Morgan fingerprint density at radius 2 is 1.65 bits per heavy atom. The van der Waals surface area contributed by atoms with Crippen LogP contribution in [-0.2, 0) is 7.05 Å². The Hall–Kier alpha value is -4.76. The first-order chi connectivity index (χ1) is 21.1. The van der Waals surface area contributed by atoms with Crippen LogP contribution in [0.3, 0.4) is 0 Å². The first-order valence-electron chi connectivity index (χ1n) is 15.7. The molecule has 6 aromatic rings. The Morgan fingerprint density at radius 1 is 0.767 bits per heavy atom. The van der Waals surface area contributed by atoms with Crippen LogP contribution in [0.25, 0.3) is 67.0 Å². The highest BCUT2D eigenvalue weighted by Gasteiger charge is 2.27. The molecule has 3 aromatic carbocycles. The summed E-state index contributed by atoms with van der Waals surface area (Å²) in [6, 6.07) is 25.1. The third kappa shape index (κ3) is 3.67. The van der Waals surface area contributed by atoms with Gasteiger partial charge in [0, 0.05) is 69.2 Å². The first-order valence-corrected chi connectivity index (χ1v) is 15.7. The van der Waals surface area contributed by atoms with E-state index in [-0.39, 0.29) is 0 Å². The van der Waals surface area contributed by atoms with Crippen molar-refractivity contribution in [3.05, 3.63) is 120 Å². The van der Waals surface area contributed by atoms with Gasteiger partial charge in [0.15, 0.2) is 0 Å². The van der Waals surface area contributed by atoms with Gasteiger partial charge >= 0.3 is 0 Å². The molecule has 2 unspecified atom stereocenters. The van der Waals surface area contributed by atoms with E-state index in [0.29, 0.717) is 11.8 Å². The maximum absolute atomic E-state index is 2.61. The molecule has 0 radical (unpaired) electrons. The van der Waals surface area contributed by atoms with Crippen molar-refractivity contribution in [2.45, 2.75) is 39.0 Å². The zero-order valence-electron chi connectivity index (χ0n) is 25.0. The largest absolute Gasteiger partial charge is 0.350 e. The highest BCUT2D eigenvalue weighted by Crippen LogP contribution is 2.45. The molecular formula is C40H35N3. The molecule has 3 aliphatic rings. The summed E-state index contributed by atoms with van der Waals surface area (Å²) in [7, 11) is 2.16. The summed E-state index contributed by atoms with van der Waals surface area (Å²) in [5.74, 6) is 1.04. The minimum absolute atomic E-state index is 0.461. The smallest absolute Gasteiger partial charge is 0.0638 e. The lowest BCUT2D eigenvalue weighted by atomic mass is 9.93. The van der Waals surface area contributed by atoms with E-state index in [1.54, 1.807) is 0 Å². The molecule has 3 heterocycles. The van der Waals surface area contributed by atoms with Crippen LogP contribution in [0.1, 0.15) is 55.8 Å². The quantitative estimate of drug-likeness (QED) is 0.205. The summed E-state index contributed by atoms with van der Waals surface area (Å²) in [6.07, 6.45) is 19.7. The van der Waals surface area contributed by atoms with E-state index in [1.807, 2.05) is 0 Å². The molecule has 3 heteroatoms. The third-order valence-corrected chi connectivity index (χ3v) is 9.82. The van der Waals surface area contributed by atoms with Crippen molar-refractivity contribution >= 4 is 50.1 Å². The molecule has 3 nitrogen and oxygen atoms in total. The van der Waals surface area contributed by atoms with Crippen LogP contribution in [0.2, 0.25) is 0 Å². The number of nitrogens with zero attached hydrogens (tertiary/aromatic N) is 3. The second kappa shape index (κ2) is 9.12. The van der Waals surface area contributed by atoms with Crippen LogP contribution in [0, 0.1) is 5.92 Å². The van der Waals surface area contributed by atoms with Crippen LogP contribution in [0.4, 0.5) is 0 Å². The summed E-state index contributed by atoms with van der Waals surface area (Å²) in [5, 5.41) is 3.99. The molecule has 9 rings (SSSR count). The maximum atomic E-state index is 2.61. The Morgan fingerprint density at radius 3 is 2.49 bits per heavy atom. The summed E-state index contributed by atoms with van der Waals surface area (Å²) >= 11 is 0. The lowest BCUT2D eigenvalue weighted by molar-refractivity contribution is 0.713. The number of aromatic nitrogens is 3. The molecule has 0 spiro atoms. The highest BCUT2D eigenvalue weighted by atomic mass is 15.0. The molecule has 2 atom stereocenters. The molecule has 0 aliphatic heterocycles. The predicted octanol–water partition coefficient (Wildman–Crippen LogP) is 10.5. The van der Waals surface area contributed by atoms with Gasteiger partial charge in [-0.05, 0) is 72.7 Å². The van der Waals surface area contributed by atoms with Crippen LogP contribution in [0.15, 0.2) is 103 Å². The Bertz CT molecular complexity index is 2250. The van der Waals surface area contributed by atoms with Gasteiger partial charge in [0.2, 0.25) is 0 Å². The van der Waals surface area contributed by atoms with Crippen LogP contribution >= 0.6 is 0 Å². The fraction of sp³-hybridized carbons (Fsp3) is 0.200. The van der Waals surface area contributed by atoms with E-state index in [0.717, 1.165) is 19.3 Å². The lowest BCUT2D eigenvalue weighted by Crippen LogP contribution is -2.09. The van der Waals surface area contributed by atoms with Gasteiger partial charge in [-0.15, -0.1) is 0 Å². The minimum atomic E-state index is 0.461. The van der Waals surface area contributed by atoms with Crippen molar-refractivity contribution in [1.82, 2.24) is 13.7 Å². The number of aryl methyl sites for hydroxylation is 1. The SMILES string of the molecule is CC1C=CC(n2c3c(c4ccc5c(c6ccccc6n5-c5cccc(-c6cc(C7=CC7)cn6C)c5)c42)C=CCC3C)=CC1. The topological polar surface area (TPSA) is 14.8 Å². The van der Waals surface area contributed by atoms with Gasteiger partial charge < -0.3 is 13.7 Å². The van der Waals surface area contributed by atoms with E-state index in [4.69, 9.17) is 0 Å². The number of para-hydroxylation sites is 1. The fourth-order valence-electron chi connectivity index (χ4n) is 7.58. The number of hydrogen-bond donors (Lipinski definition) is 0. The van der Waals surface area contributed by atoms with E-state index in [9.17, 15) is 0 Å². The molecule has 3 aliphatic carbocycles. The standard InChI is InChI=1S/C40H35N3/c1-25-14-18-30(19-15-25)43-39-26(2)8-6-12-32(39)33-20-21-36-38(40(33)43)34-11-4-5-13-35(34)42(36)31-10-7-9-28(22-31)37-23-29(24-41(37)3)27-16-17-27/h4-7,9-14,16,18-26H,8,15,17H2,1-3H3. The fourth-order valence-corrected chi connectivity index (χ4v) is 7.58. The van der Waals surface area contributed by atoms with Crippen molar-refractivity contribution < 1.29 is 0 Å². The molecule has 0 amide bonds. The summed E-state index contributed by atoms with van der Waals surface area (Å²) in [5.41, 5.74) is 14.4. The molecule has 210 valence electrons. The molecule has 0 bridgehead atoms. The van der Waals surface area contributed by atoms with Gasteiger partial charge in [-0.1, -0.05) is 80.6 Å². The van der Waals surface area contributed by atoms with E-state index in [2.05, 4.69) is 144 Å². The molecule has 0 saturated carbocycles. The van der Waals surface area contributed by atoms with Gasteiger partial charge in [-0.25, -0.2) is 0 Å². The molecule has 3 aromatic heterocycles. The number of allylic oxidation sites excluding steroid dienone is 7. The van der Waals surface area contributed by atoms with Crippen molar-refractivity contribution in [1.29, 1.82) is 0 Å². The van der Waals surface area contributed by atoms with E-state index >= 15 is 0 Å². The molecule has 43 heavy (non-hydrogen) atoms. The third-order valence-electron chi connectivity index (χ3n) is 9.82. The second-order valence-corrected chi connectivity index (χ2v) is 12.8. The van der Waals surface area contributed by atoms with Gasteiger partial charge in [0.05, 0.1) is 16.6 Å². The molecule has 0 saturated heterocycles. The normalized spacial score (nSPS) is 19.3. The molecule has 0 N–H and O–H groups in total.